The highest BCUT2D eigenvalue weighted by atomic mass is 16.5. The number of H-pyrrole nitrogens is 2. The molecule has 0 saturated carbocycles. The fourth-order valence-corrected chi connectivity index (χ4v) is 2.67. The molecule has 1 amide bonds. The molecule has 3 N–H and O–H groups in total. The summed E-state index contributed by atoms with van der Waals surface area (Å²) < 4.78 is 5.71. The van der Waals surface area contributed by atoms with E-state index in [1.807, 2.05) is 31.2 Å². The van der Waals surface area contributed by atoms with Gasteiger partial charge in [-0.25, -0.2) is 0 Å². The Labute approximate surface area is 132 Å². The van der Waals surface area contributed by atoms with Crippen LogP contribution in [0.1, 0.15) is 27.3 Å². The minimum Gasteiger partial charge on any atom is -0.488 e. The van der Waals surface area contributed by atoms with Gasteiger partial charge in [0.1, 0.15) is 23.7 Å². The fourth-order valence-electron chi connectivity index (χ4n) is 2.67. The quantitative estimate of drug-likeness (QED) is 0.689. The van der Waals surface area contributed by atoms with Crippen LogP contribution in [0.2, 0.25) is 0 Å². The van der Waals surface area contributed by atoms with E-state index in [-0.39, 0.29) is 5.91 Å². The van der Waals surface area contributed by atoms with Gasteiger partial charge in [-0.3, -0.25) is 15.0 Å². The van der Waals surface area contributed by atoms with Crippen LogP contribution in [0.3, 0.4) is 0 Å². The van der Waals surface area contributed by atoms with E-state index in [2.05, 4.69) is 25.7 Å². The fraction of sp³-hybridized carbons (Fsp3) is 0.188. The molecule has 2 aromatic heterocycles. The van der Waals surface area contributed by atoms with E-state index in [1.54, 1.807) is 6.20 Å². The standard InChI is InChI=1S/C16H15N5O2/c1-9-10(7-18-19-9)6-17-16(22)15-12-8-23-13-5-3-2-4-11(13)14(12)20-21-15/h2-5,7H,6,8H2,1H3,(H,17,22)(H,18,19)(H,20,21). The van der Waals surface area contributed by atoms with Crippen LogP contribution in [0.15, 0.2) is 30.5 Å². The number of carbonyl (C=O) groups excluding carboxylic acids is 1. The molecule has 0 aliphatic carbocycles. The summed E-state index contributed by atoms with van der Waals surface area (Å²) in [4.78, 5) is 12.4. The highest BCUT2D eigenvalue weighted by Crippen LogP contribution is 2.36. The molecular formula is C16H15N5O2. The van der Waals surface area contributed by atoms with Gasteiger partial charge in [0.15, 0.2) is 0 Å². The van der Waals surface area contributed by atoms with Crippen molar-refractivity contribution in [2.75, 3.05) is 0 Å². The third-order valence-corrected chi connectivity index (χ3v) is 3.98. The van der Waals surface area contributed by atoms with Crippen molar-refractivity contribution < 1.29 is 9.53 Å². The second-order valence-corrected chi connectivity index (χ2v) is 5.41. The van der Waals surface area contributed by atoms with Crippen LogP contribution in [-0.2, 0) is 13.2 Å². The Hall–Kier alpha value is -3.09. The lowest BCUT2D eigenvalue weighted by molar-refractivity contribution is 0.0943. The maximum Gasteiger partial charge on any atom is 0.270 e. The summed E-state index contributed by atoms with van der Waals surface area (Å²) in [6.45, 7) is 2.65. The molecule has 0 spiro atoms. The molecular weight excluding hydrogens is 294 g/mol. The maximum atomic E-state index is 12.4. The summed E-state index contributed by atoms with van der Waals surface area (Å²) in [6.07, 6.45) is 1.71. The van der Waals surface area contributed by atoms with Crippen molar-refractivity contribution >= 4 is 5.91 Å². The number of carbonyl (C=O) groups is 1. The summed E-state index contributed by atoms with van der Waals surface area (Å²) >= 11 is 0. The molecule has 1 aliphatic heterocycles. The van der Waals surface area contributed by atoms with Crippen molar-refractivity contribution in [3.05, 3.63) is 53.0 Å². The summed E-state index contributed by atoms with van der Waals surface area (Å²) in [5.74, 6) is 0.579. The van der Waals surface area contributed by atoms with Crippen molar-refractivity contribution in [3.63, 3.8) is 0 Å². The number of rotatable bonds is 3. The zero-order valence-corrected chi connectivity index (χ0v) is 12.5. The van der Waals surface area contributed by atoms with Crippen molar-refractivity contribution in [1.29, 1.82) is 0 Å². The molecule has 0 bridgehead atoms. The number of nitrogens with zero attached hydrogens (tertiary/aromatic N) is 2. The van der Waals surface area contributed by atoms with E-state index in [1.165, 1.54) is 0 Å². The number of amides is 1. The van der Waals surface area contributed by atoms with Gasteiger partial charge in [0.05, 0.1) is 6.20 Å². The first-order valence-corrected chi connectivity index (χ1v) is 7.30. The van der Waals surface area contributed by atoms with E-state index < -0.39 is 0 Å². The van der Waals surface area contributed by atoms with Gasteiger partial charge in [0, 0.05) is 28.9 Å². The van der Waals surface area contributed by atoms with Crippen molar-refractivity contribution in [1.82, 2.24) is 25.7 Å². The monoisotopic (exact) mass is 309 g/mol. The number of aryl methyl sites for hydroxylation is 1. The number of nitrogens with one attached hydrogen (secondary N) is 3. The first kappa shape index (κ1) is 13.6. The van der Waals surface area contributed by atoms with Crippen LogP contribution in [0.4, 0.5) is 0 Å². The van der Waals surface area contributed by atoms with Gasteiger partial charge < -0.3 is 10.1 Å². The average molecular weight is 309 g/mol. The summed E-state index contributed by atoms with van der Waals surface area (Å²) in [5, 5.41) is 16.8. The molecule has 0 saturated heterocycles. The normalized spacial score (nSPS) is 12.2. The van der Waals surface area contributed by atoms with E-state index in [9.17, 15) is 4.79 Å². The average Bonchev–Trinajstić information content (AvgIpc) is 3.19. The van der Waals surface area contributed by atoms with E-state index in [4.69, 9.17) is 4.74 Å². The maximum absolute atomic E-state index is 12.4. The van der Waals surface area contributed by atoms with E-state index in [0.29, 0.717) is 18.8 Å². The smallest absolute Gasteiger partial charge is 0.270 e. The van der Waals surface area contributed by atoms with Crippen LogP contribution >= 0.6 is 0 Å². The highest BCUT2D eigenvalue weighted by Gasteiger charge is 2.26. The Kier molecular flexibility index (Phi) is 3.11. The molecule has 3 aromatic rings. The lowest BCUT2D eigenvalue weighted by atomic mass is 10.0. The SMILES string of the molecule is Cc1[nH]ncc1CNC(=O)c1[nH]nc2c1COc1ccccc1-2. The lowest BCUT2D eigenvalue weighted by Crippen LogP contribution is -2.25. The minimum atomic E-state index is -0.206. The molecule has 1 aliphatic rings. The van der Waals surface area contributed by atoms with Crippen LogP contribution in [0, 0.1) is 6.92 Å². The molecule has 0 radical (unpaired) electrons. The van der Waals surface area contributed by atoms with Gasteiger partial charge in [-0.2, -0.15) is 10.2 Å². The number of aromatic nitrogens is 4. The Balaban J connectivity index is 1.58. The second-order valence-electron chi connectivity index (χ2n) is 5.41. The Morgan fingerprint density at radius 3 is 3.04 bits per heavy atom. The third-order valence-electron chi connectivity index (χ3n) is 3.98. The van der Waals surface area contributed by atoms with Gasteiger partial charge in [-0.15, -0.1) is 0 Å². The molecule has 23 heavy (non-hydrogen) atoms. The number of benzene rings is 1. The molecule has 7 heteroatoms. The topological polar surface area (TPSA) is 95.7 Å². The molecule has 7 nitrogen and oxygen atoms in total. The van der Waals surface area contributed by atoms with Gasteiger partial charge >= 0.3 is 0 Å². The van der Waals surface area contributed by atoms with Crippen molar-refractivity contribution in [2.24, 2.45) is 0 Å². The summed E-state index contributed by atoms with van der Waals surface area (Å²) in [7, 11) is 0. The second kappa shape index (κ2) is 5.28. The molecule has 4 rings (SSSR count). The van der Waals surface area contributed by atoms with Crippen molar-refractivity contribution in [2.45, 2.75) is 20.1 Å². The number of hydrogen-bond acceptors (Lipinski definition) is 4. The van der Waals surface area contributed by atoms with E-state index in [0.717, 1.165) is 33.8 Å². The van der Waals surface area contributed by atoms with Gasteiger partial charge in [0.25, 0.3) is 5.91 Å². The molecule has 0 unspecified atom stereocenters. The third kappa shape index (κ3) is 2.26. The first-order valence-electron chi connectivity index (χ1n) is 7.30. The number of hydrogen-bond donors (Lipinski definition) is 3. The van der Waals surface area contributed by atoms with Crippen LogP contribution in [0.5, 0.6) is 5.75 Å². The van der Waals surface area contributed by atoms with Crippen molar-refractivity contribution in [3.8, 4) is 17.0 Å². The molecule has 0 fully saturated rings. The van der Waals surface area contributed by atoms with Crippen LogP contribution in [-0.4, -0.2) is 26.3 Å². The molecule has 116 valence electrons. The predicted octanol–water partition coefficient (Wildman–Crippen LogP) is 1.93. The zero-order chi connectivity index (χ0) is 15.8. The predicted molar refractivity (Wildman–Crippen MR) is 82.9 cm³/mol. The summed E-state index contributed by atoms with van der Waals surface area (Å²) in [6, 6.07) is 7.67. The first-order chi connectivity index (χ1) is 11.2. The Morgan fingerprint density at radius 2 is 2.22 bits per heavy atom. The molecule has 1 aromatic carbocycles. The Bertz CT molecular complexity index is 880. The van der Waals surface area contributed by atoms with Crippen LogP contribution in [0.25, 0.3) is 11.3 Å². The number of para-hydroxylation sites is 1. The molecule has 0 atom stereocenters. The number of aromatic amines is 2. The molecule has 3 heterocycles. The van der Waals surface area contributed by atoms with Crippen LogP contribution < -0.4 is 10.1 Å². The minimum absolute atomic E-state index is 0.206. The van der Waals surface area contributed by atoms with Gasteiger partial charge in [0.2, 0.25) is 0 Å². The van der Waals surface area contributed by atoms with Gasteiger partial charge in [-0.05, 0) is 19.1 Å². The highest BCUT2D eigenvalue weighted by molar-refractivity contribution is 5.96. The Morgan fingerprint density at radius 1 is 1.35 bits per heavy atom. The van der Waals surface area contributed by atoms with Gasteiger partial charge in [-0.1, -0.05) is 12.1 Å². The van der Waals surface area contributed by atoms with E-state index >= 15 is 0 Å². The number of fused-ring (bicyclic) bond motifs is 3. The number of ether oxygens (including phenoxy) is 1. The lowest BCUT2D eigenvalue weighted by Gasteiger charge is -2.17. The summed E-state index contributed by atoms with van der Waals surface area (Å²) in [5.41, 5.74) is 4.79. The largest absolute Gasteiger partial charge is 0.488 e. The zero-order valence-electron chi connectivity index (χ0n) is 12.5.